The Morgan fingerprint density at radius 1 is 0.778 bits per heavy atom. The first-order chi connectivity index (χ1) is 13.3. The summed E-state index contributed by atoms with van der Waals surface area (Å²) in [6.45, 7) is 2.23. The molecule has 0 amide bonds. The van der Waals surface area contributed by atoms with Crippen molar-refractivity contribution in [3.8, 4) is 0 Å². The van der Waals surface area contributed by atoms with Gasteiger partial charge in [-0.15, -0.1) is 0 Å². The largest absolute Gasteiger partial charge is 0.354 e. The summed E-state index contributed by atoms with van der Waals surface area (Å²) >= 11 is 0. The Morgan fingerprint density at radius 3 is 2.44 bits per heavy atom. The van der Waals surface area contributed by atoms with Crippen LogP contribution in [0, 0.1) is 0 Å². The molecule has 5 rings (SSSR count). The van der Waals surface area contributed by atoms with Crippen LogP contribution in [0.1, 0.15) is 24.5 Å². The van der Waals surface area contributed by atoms with Crippen LogP contribution in [-0.4, -0.2) is 4.98 Å². The predicted octanol–water partition coefficient (Wildman–Crippen LogP) is 7.42. The van der Waals surface area contributed by atoms with E-state index in [1.165, 1.54) is 49.3 Å². The van der Waals surface area contributed by atoms with E-state index in [0.717, 1.165) is 6.42 Å². The van der Waals surface area contributed by atoms with Crippen molar-refractivity contribution < 1.29 is 0 Å². The number of nitrogens with one attached hydrogen (secondary N) is 1. The van der Waals surface area contributed by atoms with E-state index in [-0.39, 0.29) is 0 Å². The Labute approximate surface area is 159 Å². The summed E-state index contributed by atoms with van der Waals surface area (Å²) in [5.74, 6) is 0. The first kappa shape index (κ1) is 15.9. The molecule has 0 saturated carbocycles. The van der Waals surface area contributed by atoms with Gasteiger partial charge >= 0.3 is 0 Å². The summed E-state index contributed by atoms with van der Waals surface area (Å²) in [5, 5.41) is 5.17. The van der Waals surface area contributed by atoms with Gasteiger partial charge in [-0.25, -0.2) is 0 Å². The quantitative estimate of drug-likeness (QED) is 0.327. The van der Waals surface area contributed by atoms with Gasteiger partial charge in [0.05, 0.1) is 5.52 Å². The highest BCUT2D eigenvalue weighted by Crippen LogP contribution is 2.36. The van der Waals surface area contributed by atoms with E-state index in [4.69, 9.17) is 0 Å². The molecular formula is C26H21N. The van der Waals surface area contributed by atoms with Crippen LogP contribution in [0.15, 0.2) is 84.9 Å². The van der Waals surface area contributed by atoms with Crippen molar-refractivity contribution in [2.45, 2.75) is 13.3 Å². The lowest BCUT2D eigenvalue weighted by Crippen LogP contribution is -1.85. The van der Waals surface area contributed by atoms with Crippen molar-refractivity contribution in [3.63, 3.8) is 0 Å². The van der Waals surface area contributed by atoms with Gasteiger partial charge in [-0.1, -0.05) is 91.9 Å². The molecule has 130 valence electrons. The van der Waals surface area contributed by atoms with Crippen LogP contribution in [0.4, 0.5) is 0 Å². The van der Waals surface area contributed by atoms with Gasteiger partial charge in [0.25, 0.3) is 0 Å². The maximum Gasteiger partial charge on any atom is 0.0544 e. The lowest BCUT2D eigenvalue weighted by atomic mass is 9.95. The van der Waals surface area contributed by atoms with Crippen LogP contribution in [0.2, 0.25) is 0 Å². The molecule has 0 aliphatic rings. The second-order valence-electron chi connectivity index (χ2n) is 7.00. The molecule has 1 nitrogen and oxygen atoms in total. The van der Waals surface area contributed by atoms with Gasteiger partial charge in [0.15, 0.2) is 0 Å². The number of H-pyrrole nitrogens is 1. The Morgan fingerprint density at radius 2 is 1.59 bits per heavy atom. The first-order valence-electron chi connectivity index (χ1n) is 9.53. The predicted molar refractivity (Wildman–Crippen MR) is 118 cm³/mol. The average Bonchev–Trinajstić information content (AvgIpc) is 3.12. The zero-order chi connectivity index (χ0) is 18.2. The molecule has 4 aromatic carbocycles. The van der Waals surface area contributed by atoms with Crippen LogP contribution in [0.3, 0.4) is 0 Å². The highest BCUT2D eigenvalue weighted by atomic mass is 14.7. The third-order valence-corrected chi connectivity index (χ3v) is 5.39. The SMILES string of the molecule is CC/C(=C\c1ccccc1)c1cccc2[nH]c3c4ccccc4ccc3c12. The lowest BCUT2D eigenvalue weighted by molar-refractivity contribution is 1.25. The minimum absolute atomic E-state index is 0.994. The molecule has 5 aromatic rings. The number of allylic oxidation sites excluding steroid dienone is 1. The molecule has 0 bridgehead atoms. The molecule has 1 aromatic heterocycles. The van der Waals surface area contributed by atoms with E-state index in [9.17, 15) is 0 Å². The second kappa shape index (κ2) is 6.44. The standard InChI is InChI=1S/C26H21N/c1-2-19(17-18-9-4-3-5-10-18)21-13-8-14-24-25(21)23-16-15-20-11-6-7-12-22(20)26(23)27-24/h3-17,27H,2H2,1H3/b19-17+. The number of benzene rings is 4. The van der Waals surface area contributed by atoms with E-state index in [2.05, 4.69) is 103 Å². The third-order valence-electron chi connectivity index (χ3n) is 5.39. The molecule has 0 aliphatic carbocycles. The molecule has 1 heteroatoms. The van der Waals surface area contributed by atoms with Crippen molar-refractivity contribution >= 4 is 44.2 Å². The normalized spacial score (nSPS) is 12.3. The summed E-state index contributed by atoms with van der Waals surface area (Å²) in [5.41, 5.74) is 6.36. The molecule has 0 saturated heterocycles. The van der Waals surface area contributed by atoms with Gasteiger partial charge in [0.1, 0.15) is 0 Å². The van der Waals surface area contributed by atoms with Gasteiger partial charge in [0, 0.05) is 21.7 Å². The smallest absolute Gasteiger partial charge is 0.0544 e. The van der Waals surface area contributed by atoms with Crippen molar-refractivity contribution in [2.75, 3.05) is 0 Å². The molecule has 1 N–H and O–H groups in total. The van der Waals surface area contributed by atoms with Crippen LogP contribution in [0.5, 0.6) is 0 Å². The van der Waals surface area contributed by atoms with E-state index in [1.54, 1.807) is 0 Å². The fourth-order valence-corrected chi connectivity index (χ4v) is 4.08. The van der Waals surface area contributed by atoms with Gasteiger partial charge in [-0.05, 0) is 34.6 Å². The number of hydrogen-bond donors (Lipinski definition) is 1. The summed E-state index contributed by atoms with van der Waals surface area (Å²) in [4.78, 5) is 3.68. The fraction of sp³-hybridized carbons (Fsp3) is 0.0769. The monoisotopic (exact) mass is 347 g/mol. The van der Waals surface area contributed by atoms with Crippen LogP contribution in [0.25, 0.3) is 44.2 Å². The number of fused-ring (bicyclic) bond motifs is 5. The molecule has 1 heterocycles. The van der Waals surface area contributed by atoms with Crippen LogP contribution >= 0.6 is 0 Å². The third kappa shape index (κ3) is 2.63. The molecule has 0 unspecified atom stereocenters. The summed E-state index contributed by atoms with van der Waals surface area (Å²) in [6, 6.07) is 30.3. The van der Waals surface area contributed by atoms with Crippen molar-refractivity contribution in [3.05, 3.63) is 96.1 Å². The van der Waals surface area contributed by atoms with Gasteiger partial charge in [-0.2, -0.15) is 0 Å². The Kier molecular flexibility index (Phi) is 3.79. The van der Waals surface area contributed by atoms with Crippen LogP contribution in [-0.2, 0) is 0 Å². The zero-order valence-electron chi connectivity index (χ0n) is 15.4. The maximum absolute atomic E-state index is 3.68. The first-order valence-corrected chi connectivity index (χ1v) is 9.53. The van der Waals surface area contributed by atoms with E-state index in [1.807, 2.05) is 0 Å². The highest BCUT2D eigenvalue weighted by molar-refractivity contribution is 6.19. The molecule has 0 spiro atoms. The number of rotatable bonds is 3. The fourth-order valence-electron chi connectivity index (χ4n) is 4.08. The Hall–Kier alpha value is -3.32. The van der Waals surface area contributed by atoms with Gasteiger partial charge in [0.2, 0.25) is 0 Å². The molecular weight excluding hydrogens is 326 g/mol. The topological polar surface area (TPSA) is 15.8 Å². The number of hydrogen-bond acceptors (Lipinski definition) is 0. The van der Waals surface area contributed by atoms with Crippen molar-refractivity contribution in [1.29, 1.82) is 0 Å². The summed E-state index contributed by atoms with van der Waals surface area (Å²) in [6.07, 6.45) is 3.31. The van der Waals surface area contributed by atoms with Gasteiger partial charge in [-0.3, -0.25) is 0 Å². The highest BCUT2D eigenvalue weighted by Gasteiger charge is 2.13. The molecule has 0 atom stereocenters. The van der Waals surface area contributed by atoms with E-state index >= 15 is 0 Å². The molecule has 0 fully saturated rings. The van der Waals surface area contributed by atoms with E-state index in [0.29, 0.717) is 0 Å². The Balaban J connectivity index is 1.82. The van der Waals surface area contributed by atoms with Crippen molar-refractivity contribution in [1.82, 2.24) is 4.98 Å². The average molecular weight is 347 g/mol. The zero-order valence-corrected chi connectivity index (χ0v) is 15.4. The molecule has 0 aliphatic heterocycles. The van der Waals surface area contributed by atoms with Gasteiger partial charge < -0.3 is 4.98 Å². The minimum Gasteiger partial charge on any atom is -0.354 e. The van der Waals surface area contributed by atoms with Crippen LogP contribution < -0.4 is 0 Å². The van der Waals surface area contributed by atoms with E-state index < -0.39 is 0 Å². The number of aromatic nitrogens is 1. The van der Waals surface area contributed by atoms with Crippen molar-refractivity contribution in [2.24, 2.45) is 0 Å². The maximum atomic E-state index is 3.68. The Bertz CT molecular complexity index is 1290. The minimum atomic E-state index is 0.994. The molecule has 27 heavy (non-hydrogen) atoms. The molecule has 0 radical (unpaired) electrons. The summed E-state index contributed by atoms with van der Waals surface area (Å²) < 4.78 is 0. The lowest BCUT2D eigenvalue weighted by Gasteiger charge is -2.08. The number of aromatic amines is 1. The second-order valence-corrected chi connectivity index (χ2v) is 7.00. The summed E-state index contributed by atoms with van der Waals surface area (Å²) in [7, 11) is 0.